The van der Waals surface area contributed by atoms with E-state index in [-0.39, 0.29) is 0 Å². The van der Waals surface area contributed by atoms with Gasteiger partial charge in [-0.25, -0.2) is 0 Å². The lowest BCUT2D eigenvalue weighted by Gasteiger charge is -2.09. The molecule has 0 amide bonds. The van der Waals surface area contributed by atoms with Gasteiger partial charge in [0, 0.05) is 11.9 Å². The SMILES string of the molecule is Cc1cccc(C#N)c1Sc1nc(=O)c(=O)[nH]n1C. The molecule has 1 N–H and O–H groups in total. The number of aryl methyl sites for hydroxylation is 2. The zero-order chi connectivity index (χ0) is 14.0. The molecule has 96 valence electrons. The summed E-state index contributed by atoms with van der Waals surface area (Å²) in [6.45, 7) is 1.87. The lowest BCUT2D eigenvalue weighted by Crippen LogP contribution is -2.33. The molecule has 0 atom stereocenters. The third-order valence-corrected chi connectivity index (χ3v) is 3.77. The third kappa shape index (κ3) is 2.58. The Labute approximate surface area is 112 Å². The first-order valence-electron chi connectivity index (χ1n) is 5.38. The normalized spacial score (nSPS) is 10.2. The molecule has 0 spiro atoms. The van der Waals surface area contributed by atoms with Crippen molar-refractivity contribution in [1.29, 1.82) is 5.26 Å². The molecule has 6 nitrogen and oxygen atoms in total. The number of H-pyrrole nitrogens is 1. The van der Waals surface area contributed by atoms with E-state index < -0.39 is 11.1 Å². The Kier molecular flexibility index (Phi) is 3.53. The van der Waals surface area contributed by atoms with Gasteiger partial charge in [0.2, 0.25) is 0 Å². The van der Waals surface area contributed by atoms with E-state index in [0.717, 1.165) is 10.5 Å². The highest BCUT2D eigenvalue weighted by Gasteiger charge is 2.11. The van der Waals surface area contributed by atoms with Crippen LogP contribution in [0, 0.1) is 18.3 Å². The molecule has 2 rings (SSSR count). The molecule has 0 radical (unpaired) electrons. The Morgan fingerprint density at radius 3 is 2.84 bits per heavy atom. The van der Waals surface area contributed by atoms with Crippen LogP contribution >= 0.6 is 11.8 Å². The standard InChI is InChI=1S/C12H10N4O2S/c1-7-4-3-5-8(6-13)9(7)19-12-14-10(17)11(18)15-16(12)2/h3-5H,1-2H3,(H,15,18). The Balaban J connectivity index is 2.54. The minimum atomic E-state index is -0.840. The van der Waals surface area contributed by atoms with Crippen LogP contribution in [-0.4, -0.2) is 14.8 Å². The maximum absolute atomic E-state index is 11.3. The van der Waals surface area contributed by atoms with Gasteiger partial charge in [-0.2, -0.15) is 10.2 Å². The quantitative estimate of drug-likeness (QED) is 0.818. The number of nitrogens with zero attached hydrogens (tertiary/aromatic N) is 3. The van der Waals surface area contributed by atoms with Crippen LogP contribution in [0.15, 0.2) is 37.8 Å². The summed E-state index contributed by atoms with van der Waals surface area (Å²) >= 11 is 1.17. The topological polar surface area (TPSA) is 91.5 Å². The Bertz CT molecular complexity index is 786. The largest absolute Gasteiger partial charge is 0.339 e. The lowest BCUT2D eigenvalue weighted by molar-refractivity contribution is 0.596. The molecule has 1 heterocycles. The third-order valence-electron chi connectivity index (χ3n) is 2.47. The van der Waals surface area contributed by atoms with Crippen LogP contribution in [0.25, 0.3) is 0 Å². The van der Waals surface area contributed by atoms with Gasteiger partial charge in [0.05, 0.1) is 5.56 Å². The second-order valence-corrected chi connectivity index (χ2v) is 4.84. The Morgan fingerprint density at radius 2 is 2.16 bits per heavy atom. The number of nitrogens with one attached hydrogen (secondary N) is 1. The Hall–Kier alpha value is -2.33. The van der Waals surface area contributed by atoms with Crippen molar-refractivity contribution in [2.45, 2.75) is 17.0 Å². The lowest BCUT2D eigenvalue weighted by atomic mass is 10.1. The number of rotatable bonds is 2. The minimum Gasteiger partial charge on any atom is -0.265 e. The molecule has 0 aliphatic heterocycles. The molecule has 0 saturated heterocycles. The summed E-state index contributed by atoms with van der Waals surface area (Å²) in [5.74, 6) is 0. The number of aromatic amines is 1. The molecule has 1 aromatic heterocycles. The zero-order valence-corrected chi connectivity index (χ0v) is 11.1. The summed E-state index contributed by atoms with van der Waals surface area (Å²) in [4.78, 5) is 26.8. The van der Waals surface area contributed by atoms with Gasteiger partial charge in [-0.15, -0.1) is 0 Å². The summed E-state index contributed by atoms with van der Waals surface area (Å²) < 4.78 is 1.36. The second-order valence-electron chi connectivity index (χ2n) is 3.86. The molecule has 2 aromatic rings. The fourth-order valence-electron chi connectivity index (χ4n) is 1.52. The van der Waals surface area contributed by atoms with E-state index in [1.807, 2.05) is 13.0 Å². The van der Waals surface area contributed by atoms with E-state index in [2.05, 4.69) is 16.2 Å². The summed E-state index contributed by atoms with van der Waals surface area (Å²) in [5, 5.41) is 11.8. The van der Waals surface area contributed by atoms with Crippen LogP contribution in [-0.2, 0) is 7.05 Å². The molecular formula is C12H10N4O2S. The van der Waals surface area contributed by atoms with Crippen molar-refractivity contribution in [1.82, 2.24) is 14.8 Å². The van der Waals surface area contributed by atoms with Gasteiger partial charge >= 0.3 is 11.1 Å². The van der Waals surface area contributed by atoms with Crippen LogP contribution < -0.4 is 11.1 Å². The van der Waals surface area contributed by atoms with Crippen molar-refractivity contribution >= 4 is 11.8 Å². The summed E-state index contributed by atoms with van der Waals surface area (Å²) in [6, 6.07) is 7.44. The van der Waals surface area contributed by atoms with Crippen LogP contribution in [0.5, 0.6) is 0 Å². The molecule has 0 unspecified atom stereocenters. The predicted molar refractivity (Wildman–Crippen MR) is 70.1 cm³/mol. The second kappa shape index (κ2) is 5.12. The first-order valence-corrected chi connectivity index (χ1v) is 6.19. The van der Waals surface area contributed by atoms with E-state index in [1.165, 1.54) is 16.4 Å². The number of hydrogen-bond donors (Lipinski definition) is 1. The fraction of sp³-hybridized carbons (Fsp3) is 0.167. The molecule has 0 fully saturated rings. The number of nitriles is 1. The molecule has 0 aliphatic rings. The number of aromatic nitrogens is 3. The van der Waals surface area contributed by atoms with Crippen molar-refractivity contribution < 1.29 is 0 Å². The van der Waals surface area contributed by atoms with Crippen LogP contribution in [0.3, 0.4) is 0 Å². The van der Waals surface area contributed by atoms with Crippen molar-refractivity contribution in [3.63, 3.8) is 0 Å². The van der Waals surface area contributed by atoms with Gasteiger partial charge in [0.25, 0.3) is 0 Å². The van der Waals surface area contributed by atoms with Crippen LogP contribution in [0.4, 0.5) is 0 Å². The highest BCUT2D eigenvalue weighted by Crippen LogP contribution is 2.30. The smallest absolute Gasteiger partial charge is 0.265 e. The summed E-state index contributed by atoms with van der Waals surface area (Å²) in [6.07, 6.45) is 0. The van der Waals surface area contributed by atoms with E-state index in [0.29, 0.717) is 10.7 Å². The molecule has 0 aliphatic carbocycles. The van der Waals surface area contributed by atoms with Gasteiger partial charge in [-0.05, 0) is 30.3 Å². The van der Waals surface area contributed by atoms with Crippen LogP contribution in [0.1, 0.15) is 11.1 Å². The van der Waals surface area contributed by atoms with Crippen molar-refractivity contribution in [2.75, 3.05) is 0 Å². The summed E-state index contributed by atoms with van der Waals surface area (Å²) in [7, 11) is 1.58. The van der Waals surface area contributed by atoms with E-state index in [1.54, 1.807) is 19.2 Å². The van der Waals surface area contributed by atoms with Crippen molar-refractivity contribution in [3.8, 4) is 6.07 Å². The fourth-order valence-corrected chi connectivity index (χ4v) is 2.47. The average molecular weight is 274 g/mol. The first-order chi connectivity index (χ1) is 9.02. The van der Waals surface area contributed by atoms with Gasteiger partial charge in [0.1, 0.15) is 6.07 Å². The molecule has 19 heavy (non-hydrogen) atoms. The van der Waals surface area contributed by atoms with Crippen molar-refractivity contribution in [2.24, 2.45) is 7.05 Å². The summed E-state index contributed by atoms with van der Waals surface area (Å²) in [5.41, 5.74) is -0.195. The highest BCUT2D eigenvalue weighted by atomic mass is 32.2. The van der Waals surface area contributed by atoms with Gasteiger partial charge in [-0.3, -0.25) is 19.4 Å². The zero-order valence-electron chi connectivity index (χ0n) is 10.3. The van der Waals surface area contributed by atoms with Gasteiger partial charge in [0.15, 0.2) is 5.16 Å². The minimum absolute atomic E-state index is 0.329. The first kappa shape index (κ1) is 13.1. The Morgan fingerprint density at radius 1 is 1.42 bits per heavy atom. The highest BCUT2D eigenvalue weighted by molar-refractivity contribution is 7.99. The van der Waals surface area contributed by atoms with Crippen LogP contribution in [0.2, 0.25) is 0 Å². The number of hydrogen-bond acceptors (Lipinski definition) is 5. The molecular weight excluding hydrogens is 264 g/mol. The van der Waals surface area contributed by atoms with E-state index in [4.69, 9.17) is 5.26 Å². The van der Waals surface area contributed by atoms with Crippen molar-refractivity contribution in [3.05, 3.63) is 50.0 Å². The molecule has 0 saturated carbocycles. The van der Waals surface area contributed by atoms with Gasteiger partial charge in [-0.1, -0.05) is 12.1 Å². The monoisotopic (exact) mass is 274 g/mol. The molecule has 7 heteroatoms. The van der Waals surface area contributed by atoms with Gasteiger partial charge < -0.3 is 0 Å². The maximum Gasteiger partial charge on any atom is 0.339 e. The van der Waals surface area contributed by atoms with E-state index >= 15 is 0 Å². The van der Waals surface area contributed by atoms with E-state index in [9.17, 15) is 9.59 Å². The predicted octanol–water partition coefficient (Wildman–Crippen LogP) is 0.800. The molecule has 0 bridgehead atoms. The number of benzene rings is 1. The maximum atomic E-state index is 11.3. The molecule has 1 aromatic carbocycles. The average Bonchev–Trinajstić information content (AvgIpc) is 2.38.